The molecule has 0 spiro atoms. The summed E-state index contributed by atoms with van der Waals surface area (Å²) in [6, 6.07) is 15.1. The molecule has 2 heterocycles. The lowest BCUT2D eigenvalue weighted by Crippen LogP contribution is -2.41. The minimum absolute atomic E-state index is 0.0761. The van der Waals surface area contributed by atoms with Gasteiger partial charge in [0, 0.05) is 19.2 Å². The van der Waals surface area contributed by atoms with Crippen LogP contribution in [0.3, 0.4) is 0 Å². The standard InChI is InChI=1S/C31H33N5O7/c1-31(2,3)43-30(39)32-21-11-12-35(17-21)28(37)14-18-5-9-23-25(13-18)34-29(38)22-8-6-19(15-24(22)33-23)20-7-10-26(36(40)41)27(16-20)42-4/h5-10,13,15-16,21,33H,11-12,14,17H2,1-4H3,(H,32,39)(H,34,38). The van der Waals surface area contributed by atoms with Crippen molar-refractivity contribution in [2.75, 3.05) is 30.8 Å². The van der Waals surface area contributed by atoms with Gasteiger partial charge >= 0.3 is 11.8 Å². The number of hydrogen-bond acceptors (Lipinski definition) is 8. The fourth-order valence-corrected chi connectivity index (χ4v) is 5.15. The van der Waals surface area contributed by atoms with E-state index in [1.54, 1.807) is 62.1 Å². The van der Waals surface area contributed by atoms with Gasteiger partial charge in [0.15, 0.2) is 5.75 Å². The van der Waals surface area contributed by atoms with Gasteiger partial charge in [-0.15, -0.1) is 0 Å². The van der Waals surface area contributed by atoms with Crippen LogP contribution in [0.2, 0.25) is 0 Å². The number of methoxy groups -OCH3 is 1. The average Bonchev–Trinajstić information content (AvgIpc) is 3.35. The van der Waals surface area contributed by atoms with Crippen molar-refractivity contribution in [2.24, 2.45) is 0 Å². The minimum atomic E-state index is -0.598. The number of alkyl carbamates (subject to hydrolysis) is 1. The summed E-state index contributed by atoms with van der Waals surface area (Å²) in [7, 11) is 1.37. The second kappa shape index (κ2) is 11.6. The van der Waals surface area contributed by atoms with Gasteiger partial charge in [-0.05, 0) is 80.3 Å². The Kier molecular flexibility index (Phi) is 7.94. The molecule has 3 aromatic rings. The Hall–Kier alpha value is -5.13. The van der Waals surface area contributed by atoms with Crippen LogP contribution in [0, 0.1) is 10.1 Å². The molecule has 12 heteroatoms. The molecule has 1 unspecified atom stereocenters. The number of hydrogen-bond donors (Lipinski definition) is 3. The predicted octanol–water partition coefficient (Wildman–Crippen LogP) is 5.25. The van der Waals surface area contributed by atoms with E-state index < -0.39 is 16.6 Å². The lowest BCUT2D eigenvalue weighted by molar-refractivity contribution is -0.385. The van der Waals surface area contributed by atoms with E-state index in [0.717, 1.165) is 11.1 Å². The van der Waals surface area contributed by atoms with E-state index in [0.29, 0.717) is 47.7 Å². The van der Waals surface area contributed by atoms with Gasteiger partial charge in [-0.3, -0.25) is 19.7 Å². The van der Waals surface area contributed by atoms with E-state index in [-0.39, 0.29) is 35.7 Å². The Balaban J connectivity index is 1.28. The molecule has 3 N–H and O–H groups in total. The normalized spacial score (nSPS) is 15.8. The van der Waals surface area contributed by atoms with Gasteiger partial charge in [0.25, 0.3) is 5.91 Å². The Morgan fingerprint density at radius 2 is 1.77 bits per heavy atom. The van der Waals surface area contributed by atoms with Gasteiger partial charge in [0.05, 0.1) is 47.1 Å². The molecule has 5 rings (SSSR count). The third kappa shape index (κ3) is 6.69. The van der Waals surface area contributed by atoms with Crippen molar-refractivity contribution in [1.29, 1.82) is 0 Å². The highest BCUT2D eigenvalue weighted by Crippen LogP contribution is 2.37. The van der Waals surface area contributed by atoms with Crippen LogP contribution >= 0.6 is 0 Å². The number of ether oxygens (including phenoxy) is 2. The average molecular weight is 588 g/mol. The molecule has 3 aromatic carbocycles. The predicted molar refractivity (Wildman–Crippen MR) is 161 cm³/mol. The SMILES string of the molecule is COc1cc(-c2ccc3c(c2)Nc2ccc(CC(=O)N4CCC(NC(=O)OC(C)(C)C)C4)cc2NC3=O)ccc1[N+](=O)[O-]. The molecule has 0 aromatic heterocycles. The van der Waals surface area contributed by atoms with Gasteiger partial charge in [-0.2, -0.15) is 0 Å². The first-order valence-electron chi connectivity index (χ1n) is 13.9. The van der Waals surface area contributed by atoms with Crippen LogP contribution in [0.5, 0.6) is 5.75 Å². The van der Waals surface area contributed by atoms with E-state index in [1.165, 1.54) is 13.2 Å². The van der Waals surface area contributed by atoms with Crippen LogP contribution in [-0.4, -0.2) is 59.6 Å². The summed E-state index contributed by atoms with van der Waals surface area (Å²) >= 11 is 0. The summed E-state index contributed by atoms with van der Waals surface area (Å²) in [6.45, 7) is 6.32. The second-order valence-corrected chi connectivity index (χ2v) is 11.5. The fourth-order valence-electron chi connectivity index (χ4n) is 5.15. The lowest BCUT2D eigenvalue weighted by Gasteiger charge is -2.22. The third-order valence-corrected chi connectivity index (χ3v) is 7.19. The first kappa shape index (κ1) is 29.4. The number of nitrogens with zero attached hydrogens (tertiary/aromatic N) is 2. The Morgan fingerprint density at radius 1 is 1.02 bits per heavy atom. The highest BCUT2D eigenvalue weighted by Gasteiger charge is 2.29. The molecule has 224 valence electrons. The molecule has 3 amide bonds. The van der Waals surface area contributed by atoms with Crippen LogP contribution < -0.4 is 20.7 Å². The molecule has 0 saturated carbocycles. The van der Waals surface area contributed by atoms with Crippen LogP contribution in [0.1, 0.15) is 43.1 Å². The Labute approximate surface area is 248 Å². The smallest absolute Gasteiger partial charge is 0.407 e. The highest BCUT2D eigenvalue weighted by molar-refractivity contribution is 6.12. The topological polar surface area (TPSA) is 152 Å². The van der Waals surface area contributed by atoms with Gasteiger partial charge in [0.2, 0.25) is 5.91 Å². The summed E-state index contributed by atoms with van der Waals surface area (Å²) in [4.78, 5) is 50.8. The van der Waals surface area contributed by atoms with Crippen molar-refractivity contribution < 1.29 is 28.8 Å². The largest absolute Gasteiger partial charge is 0.490 e. The van der Waals surface area contributed by atoms with E-state index in [2.05, 4.69) is 16.0 Å². The molecule has 1 atom stereocenters. The van der Waals surface area contributed by atoms with Crippen LogP contribution in [-0.2, 0) is 16.0 Å². The van der Waals surface area contributed by atoms with Crippen LogP contribution in [0.25, 0.3) is 11.1 Å². The van der Waals surface area contributed by atoms with Crippen molar-refractivity contribution in [3.63, 3.8) is 0 Å². The van der Waals surface area contributed by atoms with Gasteiger partial charge in [-0.25, -0.2) is 4.79 Å². The van der Waals surface area contributed by atoms with Gasteiger partial charge in [-0.1, -0.05) is 12.1 Å². The maximum absolute atomic E-state index is 13.1. The fraction of sp³-hybridized carbons (Fsp3) is 0.323. The number of amides is 3. The zero-order valence-corrected chi connectivity index (χ0v) is 24.4. The maximum Gasteiger partial charge on any atom is 0.407 e. The zero-order valence-electron chi connectivity index (χ0n) is 24.4. The first-order valence-corrected chi connectivity index (χ1v) is 13.9. The molecule has 0 radical (unpaired) electrons. The maximum atomic E-state index is 13.1. The number of fused-ring (bicyclic) bond motifs is 2. The molecule has 0 bridgehead atoms. The number of nitrogens with one attached hydrogen (secondary N) is 3. The summed E-state index contributed by atoms with van der Waals surface area (Å²) in [5.74, 6) is -0.250. The van der Waals surface area contributed by atoms with Gasteiger partial charge < -0.3 is 30.3 Å². The number of benzene rings is 3. The van der Waals surface area contributed by atoms with Crippen LogP contribution in [0.15, 0.2) is 54.6 Å². The summed E-state index contributed by atoms with van der Waals surface area (Å²) in [5.41, 5.74) is 3.61. The van der Waals surface area contributed by atoms with Crippen molar-refractivity contribution in [3.05, 3.63) is 75.8 Å². The molecule has 1 saturated heterocycles. The molecule has 2 aliphatic rings. The Morgan fingerprint density at radius 3 is 2.49 bits per heavy atom. The Bertz CT molecular complexity index is 1610. The van der Waals surface area contributed by atoms with Gasteiger partial charge in [0.1, 0.15) is 5.60 Å². The summed E-state index contributed by atoms with van der Waals surface area (Å²) < 4.78 is 10.5. The van der Waals surface area contributed by atoms with Crippen molar-refractivity contribution >= 4 is 40.7 Å². The number of anilines is 3. The van der Waals surface area contributed by atoms with Crippen molar-refractivity contribution in [1.82, 2.24) is 10.2 Å². The minimum Gasteiger partial charge on any atom is -0.490 e. The van der Waals surface area contributed by atoms with E-state index >= 15 is 0 Å². The highest BCUT2D eigenvalue weighted by atomic mass is 16.6. The zero-order chi connectivity index (χ0) is 30.9. The van der Waals surface area contributed by atoms with E-state index in [9.17, 15) is 24.5 Å². The third-order valence-electron chi connectivity index (χ3n) is 7.19. The van der Waals surface area contributed by atoms with Crippen molar-refractivity contribution in [2.45, 2.75) is 45.3 Å². The number of carbonyl (C=O) groups is 3. The summed E-state index contributed by atoms with van der Waals surface area (Å²) in [6.07, 6.45) is 0.282. The molecule has 43 heavy (non-hydrogen) atoms. The molecule has 0 aliphatic carbocycles. The number of carbonyl (C=O) groups excluding carboxylic acids is 3. The molecule has 2 aliphatic heterocycles. The number of nitro benzene ring substituents is 1. The van der Waals surface area contributed by atoms with Crippen LogP contribution in [0.4, 0.5) is 27.5 Å². The monoisotopic (exact) mass is 587 g/mol. The quantitative estimate of drug-likeness (QED) is 0.261. The molecule has 1 fully saturated rings. The van der Waals surface area contributed by atoms with Crippen molar-refractivity contribution in [3.8, 4) is 16.9 Å². The lowest BCUT2D eigenvalue weighted by atomic mass is 10.0. The summed E-state index contributed by atoms with van der Waals surface area (Å²) in [5, 5.41) is 20.3. The second-order valence-electron chi connectivity index (χ2n) is 11.5. The van der Waals surface area contributed by atoms with E-state index in [1.807, 2.05) is 12.1 Å². The molecular formula is C31H33N5O7. The molecule has 12 nitrogen and oxygen atoms in total. The van der Waals surface area contributed by atoms with E-state index in [4.69, 9.17) is 9.47 Å². The number of nitro groups is 1. The number of likely N-dealkylation sites (tertiary alicyclic amines) is 1. The first-order chi connectivity index (χ1) is 20.4. The molecular weight excluding hydrogens is 554 g/mol. The number of rotatable bonds is 6.